The van der Waals surface area contributed by atoms with Crippen LogP contribution >= 0.6 is 12.4 Å². The molecule has 0 radical (unpaired) electrons. The van der Waals surface area contributed by atoms with E-state index in [1.807, 2.05) is 24.0 Å². The van der Waals surface area contributed by atoms with Crippen LogP contribution in [0.3, 0.4) is 0 Å². The second-order valence-corrected chi connectivity index (χ2v) is 7.69. The van der Waals surface area contributed by atoms with Gasteiger partial charge >= 0.3 is 0 Å². The third kappa shape index (κ3) is 4.56. The first-order chi connectivity index (χ1) is 11.9. The smallest absolute Gasteiger partial charge is 0.251 e. The maximum atomic E-state index is 13.8. The van der Waals surface area contributed by atoms with Gasteiger partial charge in [-0.25, -0.2) is 4.39 Å². The first-order valence-electron chi connectivity index (χ1n) is 9.34. The van der Waals surface area contributed by atoms with Gasteiger partial charge in [0.05, 0.1) is 12.1 Å². The molecule has 146 valence electrons. The van der Waals surface area contributed by atoms with Crippen molar-refractivity contribution in [2.45, 2.75) is 57.8 Å². The van der Waals surface area contributed by atoms with Crippen molar-refractivity contribution in [2.75, 3.05) is 26.2 Å². The number of likely N-dealkylation sites (tertiary alicyclic amines) is 1. The third-order valence-electron chi connectivity index (χ3n) is 5.56. The Labute approximate surface area is 162 Å². The molecule has 3 rings (SSSR count). The van der Waals surface area contributed by atoms with E-state index in [0.717, 1.165) is 44.5 Å². The average Bonchev–Trinajstić information content (AvgIpc) is 2.59. The molecular weight excluding hydrogens is 355 g/mol. The van der Waals surface area contributed by atoms with Crippen molar-refractivity contribution in [3.05, 3.63) is 35.6 Å². The molecule has 0 N–H and O–H groups in total. The number of rotatable bonds is 4. The molecule has 1 spiro atoms. The largest absolute Gasteiger partial charge is 0.360 e. The molecular formula is C20H30ClFN2O2. The highest BCUT2D eigenvalue weighted by atomic mass is 35.5. The van der Waals surface area contributed by atoms with E-state index in [1.54, 1.807) is 6.07 Å². The van der Waals surface area contributed by atoms with Crippen molar-refractivity contribution >= 4 is 18.3 Å². The Morgan fingerprint density at radius 2 is 1.92 bits per heavy atom. The molecule has 0 bridgehead atoms. The van der Waals surface area contributed by atoms with E-state index in [4.69, 9.17) is 4.74 Å². The fourth-order valence-electron chi connectivity index (χ4n) is 3.96. The summed E-state index contributed by atoms with van der Waals surface area (Å²) >= 11 is 0. The van der Waals surface area contributed by atoms with E-state index >= 15 is 0 Å². The van der Waals surface area contributed by atoms with Crippen LogP contribution in [-0.2, 0) is 16.0 Å². The van der Waals surface area contributed by atoms with Gasteiger partial charge in [-0.15, -0.1) is 12.4 Å². The Bertz CT molecular complexity index is 618. The molecule has 2 fully saturated rings. The van der Waals surface area contributed by atoms with Crippen LogP contribution in [0.15, 0.2) is 24.3 Å². The van der Waals surface area contributed by atoms with Crippen LogP contribution in [0.4, 0.5) is 4.39 Å². The summed E-state index contributed by atoms with van der Waals surface area (Å²) in [5.74, 6) is -0.0193. The first-order valence-corrected chi connectivity index (χ1v) is 9.34. The summed E-state index contributed by atoms with van der Waals surface area (Å²) < 4.78 is 19.9. The lowest BCUT2D eigenvalue weighted by Crippen LogP contribution is -2.62. The summed E-state index contributed by atoms with van der Waals surface area (Å²) in [6.45, 7) is 9.40. The van der Waals surface area contributed by atoms with Crippen molar-refractivity contribution < 1.29 is 13.9 Å². The Hall–Kier alpha value is -1.17. The Kier molecular flexibility index (Phi) is 7.05. The minimum Gasteiger partial charge on any atom is -0.360 e. The Morgan fingerprint density at radius 1 is 1.27 bits per heavy atom. The van der Waals surface area contributed by atoms with Crippen molar-refractivity contribution in [3.63, 3.8) is 0 Å². The van der Waals surface area contributed by atoms with Gasteiger partial charge in [0.25, 0.3) is 5.91 Å². The van der Waals surface area contributed by atoms with Crippen molar-refractivity contribution in [1.82, 2.24) is 9.80 Å². The lowest BCUT2D eigenvalue weighted by molar-refractivity contribution is -0.192. The maximum absolute atomic E-state index is 13.8. The number of hydrogen-bond donors (Lipinski definition) is 0. The summed E-state index contributed by atoms with van der Waals surface area (Å²) in [4.78, 5) is 16.6. The van der Waals surface area contributed by atoms with Crippen molar-refractivity contribution in [1.29, 1.82) is 0 Å². The number of hydrogen-bond acceptors (Lipinski definition) is 3. The Morgan fingerprint density at radius 3 is 2.54 bits per heavy atom. The van der Waals surface area contributed by atoms with Crippen LogP contribution < -0.4 is 0 Å². The molecule has 1 amide bonds. The van der Waals surface area contributed by atoms with Gasteiger partial charge in [0.2, 0.25) is 0 Å². The molecule has 2 saturated heterocycles. The van der Waals surface area contributed by atoms with Crippen LogP contribution in [0.2, 0.25) is 0 Å². The van der Waals surface area contributed by atoms with Crippen LogP contribution in [0.5, 0.6) is 0 Å². The number of ether oxygens (including phenoxy) is 1. The van der Waals surface area contributed by atoms with Crippen LogP contribution in [-0.4, -0.2) is 59.6 Å². The fourth-order valence-corrected chi connectivity index (χ4v) is 3.96. The predicted octanol–water partition coefficient (Wildman–Crippen LogP) is 3.28. The molecule has 6 heteroatoms. The predicted molar refractivity (Wildman–Crippen MR) is 103 cm³/mol. The van der Waals surface area contributed by atoms with Crippen LogP contribution in [0.1, 0.15) is 39.2 Å². The van der Waals surface area contributed by atoms with Gasteiger partial charge in [-0.2, -0.15) is 0 Å². The number of carbonyl (C=O) groups excluding carboxylic acids is 1. The first kappa shape index (κ1) is 21.1. The number of piperidine rings is 1. The summed E-state index contributed by atoms with van der Waals surface area (Å²) in [6.07, 6.45) is 2.21. The molecule has 0 unspecified atom stereocenters. The number of carbonyl (C=O) groups is 1. The molecule has 1 aromatic rings. The van der Waals surface area contributed by atoms with E-state index < -0.39 is 0 Å². The van der Waals surface area contributed by atoms with E-state index in [0.29, 0.717) is 6.54 Å². The summed E-state index contributed by atoms with van der Waals surface area (Å²) in [5, 5.41) is 0. The van der Waals surface area contributed by atoms with Crippen LogP contribution in [0.25, 0.3) is 0 Å². The van der Waals surface area contributed by atoms with E-state index in [1.165, 1.54) is 6.07 Å². The highest BCUT2D eigenvalue weighted by Crippen LogP contribution is 2.33. The molecule has 0 aromatic heterocycles. The minimum absolute atomic E-state index is 0. The number of amides is 1. The SMILES string of the molecule is CC(C)N1CC2(CCN(CCc3ccccc3F)CC2)O[C@H](C)C1=O.Cl. The van der Waals surface area contributed by atoms with Gasteiger partial charge in [-0.3, -0.25) is 4.79 Å². The fraction of sp³-hybridized carbons (Fsp3) is 0.650. The summed E-state index contributed by atoms with van der Waals surface area (Å²) in [5.41, 5.74) is 0.563. The molecule has 1 aromatic carbocycles. The normalized spacial score (nSPS) is 23.3. The van der Waals surface area contributed by atoms with Gasteiger partial charge in [0.1, 0.15) is 11.9 Å². The Balaban J connectivity index is 0.00000243. The highest BCUT2D eigenvalue weighted by molar-refractivity contribution is 5.85. The van der Waals surface area contributed by atoms with E-state index in [-0.39, 0.29) is 41.9 Å². The second-order valence-electron chi connectivity index (χ2n) is 7.69. The molecule has 2 aliphatic heterocycles. The number of benzene rings is 1. The van der Waals surface area contributed by atoms with E-state index in [2.05, 4.69) is 18.7 Å². The van der Waals surface area contributed by atoms with Crippen molar-refractivity contribution in [2.24, 2.45) is 0 Å². The van der Waals surface area contributed by atoms with Gasteiger partial charge < -0.3 is 14.5 Å². The lowest BCUT2D eigenvalue weighted by atomic mass is 9.88. The minimum atomic E-state index is -0.360. The molecule has 4 nitrogen and oxygen atoms in total. The number of nitrogens with zero attached hydrogens (tertiary/aromatic N) is 2. The van der Waals surface area contributed by atoms with Gasteiger partial charge in [0, 0.05) is 25.7 Å². The third-order valence-corrected chi connectivity index (χ3v) is 5.56. The molecule has 1 atom stereocenters. The van der Waals surface area contributed by atoms with Gasteiger partial charge in [-0.1, -0.05) is 18.2 Å². The number of morpholine rings is 1. The zero-order chi connectivity index (χ0) is 18.0. The quantitative estimate of drug-likeness (QED) is 0.798. The zero-order valence-corrected chi connectivity index (χ0v) is 16.7. The van der Waals surface area contributed by atoms with Crippen LogP contribution in [0, 0.1) is 5.82 Å². The topological polar surface area (TPSA) is 32.8 Å². The number of halogens is 2. The standard InChI is InChI=1S/C20H29FN2O2.ClH/c1-15(2)23-14-20(25-16(3)19(23)24)9-12-22(13-10-20)11-8-17-6-4-5-7-18(17)21;/h4-7,15-16H,8-14H2,1-3H3;1H/t16-;/m1./s1. The van der Waals surface area contributed by atoms with E-state index in [9.17, 15) is 9.18 Å². The summed E-state index contributed by atoms with van der Waals surface area (Å²) in [6, 6.07) is 7.20. The van der Waals surface area contributed by atoms with Gasteiger partial charge in [0.15, 0.2) is 0 Å². The molecule has 0 aliphatic carbocycles. The zero-order valence-electron chi connectivity index (χ0n) is 15.9. The maximum Gasteiger partial charge on any atom is 0.251 e. The molecule has 2 aliphatic rings. The lowest BCUT2D eigenvalue weighted by Gasteiger charge is -2.50. The molecule has 2 heterocycles. The van der Waals surface area contributed by atoms with Gasteiger partial charge in [-0.05, 0) is 51.7 Å². The highest BCUT2D eigenvalue weighted by Gasteiger charge is 2.45. The average molecular weight is 385 g/mol. The molecule has 0 saturated carbocycles. The monoisotopic (exact) mass is 384 g/mol. The summed E-state index contributed by atoms with van der Waals surface area (Å²) in [7, 11) is 0. The molecule has 26 heavy (non-hydrogen) atoms. The second kappa shape index (κ2) is 8.68. The van der Waals surface area contributed by atoms with Crippen molar-refractivity contribution in [3.8, 4) is 0 Å².